The van der Waals surface area contributed by atoms with Gasteiger partial charge in [-0.1, -0.05) is 13.8 Å². The van der Waals surface area contributed by atoms with Crippen LogP contribution >= 0.6 is 0 Å². The largest absolute Gasteiger partial charge is 0.379 e. The van der Waals surface area contributed by atoms with E-state index in [-0.39, 0.29) is 11.9 Å². The SMILES string of the molecule is CC(C)c1nccn1[C@@H]1CCCN(C(=O)[C@H](C)N2CCOCC2)C1. The van der Waals surface area contributed by atoms with Crippen LogP contribution in [0, 0.1) is 0 Å². The highest BCUT2D eigenvalue weighted by molar-refractivity contribution is 5.81. The number of nitrogens with zero attached hydrogens (tertiary/aromatic N) is 4. The van der Waals surface area contributed by atoms with Crippen molar-refractivity contribution in [1.82, 2.24) is 19.4 Å². The lowest BCUT2D eigenvalue weighted by atomic mass is 10.0. The van der Waals surface area contributed by atoms with E-state index in [9.17, 15) is 4.79 Å². The van der Waals surface area contributed by atoms with Gasteiger partial charge in [-0.05, 0) is 19.8 Å². The van der Waals surface area contributed by atoms with Crippen LogP contribution < -0.4 is 0 Å². The Balaban J connectivity index is 1.66. The first-order valence-corrected chi connectivity index (χ1v) is 9.21. The van der Waals surface area contributed by atoms with Crippen molar-refractivity contribution < 1.29 is 9.53 Å². The van der Waals surface area contributed by atoms with Crippen molar-refractivity contribution in [3.05, 3.63) is 18.2 Å². The molecule has 0 aliphatic carbocycles. The van der Waals surface area contributed by atoms with Gasteiger partial charge in [-0.3, -0.25) is 9.69 Å². The molecule has 6 heteroatoms. The first-order chi connectivity index (χ1) is 11.6. The smallest absolute Gasteiger partial charge is 0.239 e. The second kappa shape index (κ2) is 7.66. The third kappa shape index (κ3) is 3.64. The van der Waals surface area contributed by atoms with Gasteiger partial charge in [-0.25, -0.2) is 4.98 Å². The summed E-state index contributed by atoms with van der Waals surface area (Å²) in [6, 6.07) is 0.291. The molecular weight excluding hydrogens is 304 g/mol. The molecule has 1 aromatic rings. The van der Waals surface area contributed by atoms with E-state index in [1.807, 2.05) is 13.1 Å². The van der Waals surface area contributed by atoms with E-state index >= 15 is 0 Å². The van der Waals surface area contributed by atoms with Crippen molar-refractivity contribution in [1.29, 1.82) is 0 Å². The predicted molar refractivity (Wildman–Crippen MR) is 93.0 cm³/mol. The van der Waals surface area contributed by atoms with Crippen LogP contribution in [0.4, 0.5) is 0 Å². The maximum absolute atomic E-state index is 12.9. The quantitative estimate of drug-likeness (QED) is 0.844. The van der Waals surface area contributed by atoms with E-state index in [0.717, 1.165) is 58.1 Å². The zero-order valence-electron chi connectivity index (χ0n) is 15.1. The van der Waals surface area contributed by atoms with Crippen LogP contribution in [-0.4, -0.2) is 70.7 Å². The molecule has 0 bridgehead atoms. The summed E-state index contributed by atoms with van der Waals surface area (Å²) in [5.74, 6) is 1.78. The van der Waals surface area contributed by atoms with Crippen LogP contribution in [0.25, 0.3) is 0 Å². The number of morpholine rings is 1. The third-order valence-corrected chi connectivity index (χ3v) is 5.27. The van der Waals surface area contributed by atoms with E-state index in [4.69, 9.17) is 4.74 Å². The van der Waals surface area contributed by atoms with Gasteiger partial charge in [0.1, 0.15) is 5.82 Å². The van der Waals surface area contributed by atoms with Gasteiger partial charge in [-0.15, -0.1) is 0 Å². The minimum atomic E-state index is -0.0555. The highest BCUT2D eigenvalue weighted by Gasteiger charge is 2.31. The fraction of sp³-hybridized carbons (Fsp3) is 0.778. The van der Waals surface area contributed by atoms with Crippen molar-refractivity contribution in [2.45, 2.75) is 51.6 Å². The maximum Gasteiger partial charge on any atom is 0.239 e. The van der Waals surface area contributed by atoms with Crippen molar-refractivity contribution in [3.8, 4) is 0 Å². The summed E-state index contributed by atoms with van der Waals surface area (Å²) in [7, 11) is 0. The summed E-state index contributed by atoms with van der Waals surface area (Å²) in [5.41, 5.74) is 0. The Kier molecular flexibility index (Phi) is 5.56. The lowest BCUT2D eigenvalue weighted by Crippen LogP contribution is -2.53. The molecule has 2 saturated heterocycles. The van der Waals surface area contributed by atoms with Gasteiger partial charge < -0.3 is 14.2 Å². The van der Waals surface area contributed by atoms with Crippen LogP contribution in [0.1, 0.15) is 51.4 Å². The number of carbonyl (C=O) groups is 1. The number of likely N-dealkylation sites (tertiary alicyclic amines) is 1. The Morgan fingerprint density at radius 1 is 1.25 bits per heavy atom. The molecule has 0 unspecified atom stereocenters. The van der Waals surface area contributed by atoms with Gasteiger partial charge in [0.25, 0.3) is 0 Å². The molecule has 0 aromatic carbocycles. The predicted octanol–water partition coefficient (Wildman–Crippen LogP) is 1.89. The number of carbonyl (C=O) groups excluding carboxylic acids is 1. The first kappa shape index (κ1) is 17.4. The molecule has 0 radical (unpaired) electrons. The topological polar surface area (TPSA) is 50.6 Å². The van der Waals surface area contributed by atoms with Gasteiger partial charge in [0.2, 0.25) is 5.91 Å². The van der Waals surface area contributed by atoms with Crippen LogP contribution in [0.5, 0.6) is 0 Å². The molecule has 3 heterocycles. The van der Waals surface area contributed by atoms with E-state index < -0.39 is 0 Å². The molecule has 0 saturated carbocycles. The Morgan fingerprint density at radius 2 is 2.00 bits per heavy atom. The number of hydrogen-bond donors (Lipinski definition) is 0. The molecule has 6 nitrogen and oxygen atoms in total. The van der Waals surface area contributed by atoms with Crippen LogP contribution in [0.2, 0.25) is 0 Å². The molecule has 0 spiro atoms. The average molecular weight is 334 g/mol. The van der Waals surface area contributed by atoms with Crippen LogP contribution in [0.15, 0.2) is 12.4 Å². The molecule has 3 rings (SSSR count). The van der Waals surface area contributed by atoms with Crippen molar-refractivity contribution >= 4 is 5.91 Å². The molecule has 2 aliphatic heterocycles. The first-order valence-electron chi connectivity index (χ1n) is 9.21. The lowest BCUT2D eigenvalue weighted by molar-refractivity contribution is -0.139. The number of hydrogen-bond acceptors (Lipinski definition) is 4. The fourth-order valence-corrected chi connectivity index (χ4v) is 3.85. The highest BCUT2D eigenvalue weighted by Crippen LogP contribution is 2.26. The summed E-state index contributed by atoms with van der Waals surface area (Å²) in [6.45, 7) is 11.2. The molecular formula is C18H30N4O2. The fourth-order valence-electron chi connectivity index (χ4n) is 3.85. The van der Waals surface area contributed by atoms with E-state index in [2.05, 4.69) is 39.4 Å². The molecule has 2 aliphatic rings. The highest BCUT2D eigenvalue weighted by atomic mass is 16.5. The summed E-state index contributed by atoms with van der Waals surface area (Å²) in [6.07, 6.45) is 6.12. The van der Waals surface area contributed by atoms with Crippen molar-refractivity contribution in [3.63, 3.8) is 0 Å². The lowest BCUT2D eigenvalue weighted by Gasteiger charge is -2.39. The molecule has 0 N–H and O–H groups in total. The Morgan fingerprint density at radius 3 is 2.71 bits per heavy atom. The number of ether oxygens (including phenoxy) is 1. The zero-order valence-corrected chi connectivity index (χ0v) is 15.1. The average Bonchev–Trinajstić information content (AvgIpc) is 3.11. The van der Waals surface area contributed by atoms with E-state index in [1.54, 1.807) is 0 Å². The maximum atomic E-state index is 12.9. The normalized spacial score (nSPS) is 24.3. The summed E-state index contributed by atoms with van der Waals surface area (Å²) in [4.78, 5) is 21.8. The van der Waals surface area contributed by atoms with Crippen molar-refractivity contribution in [2.24, 2.45) is 0 Å². The monoisotopic (exact) mass is 334 g/mol. The number of imidazole rings is 1. The van der Waals surface area contributed by atoms with Gasteiger partial charge >= 0.3 is 0 Å². The Labute approximate surface area is 144 Å². The molecule has 2 fully saturated rings. The van der Waals surface area contributed by atoms with E-state index in [1.165, 1.54) is 0 Å². The molecule has 1 aromatic heterocycles. The minimum Gasteiger partial charge on any atom is -0.379 e. The number of aromatic nitrogens is 2. The zero-order chi connectivity index (χ0) is 17.1. The Hall–Kier alpha value is -1.40. The number of piperidine rings is 1. The van der Waals surface area contributed by atoms with Crippen LogP contribution in [-0.2, 0) is 9.53 Å². The van der Waals surface area contributed by atoms with Gasteiger partial charge in [0.15, 0.2) is 0 Å². The second-order valence-electron chi connectivity index (χ2n) is 7.25. The van der Waals surface area contributed by atoms with Gasteiger partial charge in [0, 0.05) is 44.5 Å². The Bertz CT molecular complexity index is 551. The van der Waals surface area contributed by atoms with Crippen LogP contribution in [0.3, 0.4) is 0 Å². The van der Waals surface area contributed by atoms with Crippen molar-refractivity contribution in [2.75, 3.05) is 39.4 Å². The van der Waals surface area contributed by atoms with Gasteiger partial charge in [0.05, 0.1) is 25.3 Å². The standard InChI is InChI=1S/C18H30N4O2/c1-14(2)17-19-6-8-22(17)16-5-4-7-21(13-16)18(23)15(3)20-9-11-24-12-10-20/h6,8,14-16H,4-5,7,9-13H2,1-3H3/t15-,16+/m0/s1. The minimum absolute atomic E-state index is 0.0555. The van der Waals surface area contributed by atoms with E-state index in [0.29, 0.717) is 12.0 Å². The molecule has 2 atom stereocenters. The summed E-state index contributed by atoms with van der Waals surface area (Å²) < 4.78 is 7.68. The number of amides is 1. The molecule has 1 amide bonds. The molecule has 134 valence electrons. The number of rotatable bonds is 4. The molecule has 24 heavy (non-hydrogen) atoms. The third-order valence-electron chi connectivity index (χ3n) is 5.27. The summed E-state index contributed by atoms with van der Waals surface area (Å²) >= 11 is 0. The van der Waals surface area contributed by atoms with Gasteiger partial charge in [-0.2, -0.15) is 0 Å². The second-order valence-corrected chi connectivity index (χ2v) is 7.25. The summed E-state index contributed by atoms with van der Waals surface area (Å²) in [5, 5.41) is 0.